The summed E-state index contributed by atoms with van der Waals surface area (Å²) in [5, 5.41) is 12.5. The third-order valence-electron chi connectivity index (χ3n) is 3.85. The topological polar surface area (TPSA) is 79.2 Å². The van der Waals surface area contributed by atoms with Crippen LogP contribution in [0, 0.1) is 17.2 Å². The second-order valence-corrected chi connectivity index (χ2v) is 7.66. The van der Waals surface area contributed by atoms with Gasteiger partial charge in [0.2, 0.25) is 0 Å². The van der Waals surface area contributed by atoms with E-state index < -0.39 is 23.5 Å². The van der Waals surface area contributed by atoms with Crippen molar-refractivity contribution in [1.29, 1.82) is 5.26 Å². The van der Waals surface area contributed by atoms with Crippen LogP contribution < -0.4 is 5.32 Å². The van der Waals surface area contributed by atoms with E-state index in [2.05, 4.69) is 11.4 Å². The third kappa shape index (κ3) is 6.60. The minimum atomic E-state index is -1.00. The monoisotopic (exact) mass is 382 g/mol. The summed E-state index contributed by atoms with van der Waals surface area (Å²) in [6, 6.07) is 9.47. The number of carbonyl (C=O) groups excluding carboxylic acids is 2. The van der Waals surface area contributed by atoms with E-state index in [1.807, 2.05) is 32.0 Å². The Bertz CT molecular complexity index is 660. The molecule has 0 aliphatic rings. The van der Waals surface area contributed by atoms with Crippen LogP contribution in [-0.4, -0.2) is 29.3 Å². The van der Waals surface area contributed by atoms with Gasteiger partial charge >= 0.3 is 5.97 Å². The quantitative estimate of drug-likeness (QED) is 0.546. The van der Waals surface area contributed by atoms with Crippen molar-refractivity contribution in [2.24, 2.45) is 5.92 Å². The molecule has 2 unspecified atom stereocenters. The third-order valence-corrected chi connectivity index (χ3v) is 5.36. The first-order valence-electron chi connectivity index (χ1n) is 7.99. The van der Waals surface area contributed by atoms with Crippen molar-refractivity contribution >= 4 is 35.2 Å². The Morgan fingerprint density at radius 2 is 2.00 bits per heavy atom. The summed E-state index contributed by atoms with van der Waals surface area (Å²) < 4.78 is 5.14. The van der Waals surface area contributed by atoms with Gasteiger partial charge in [0, 0.05) is 10.6 Å². The van der Waals surface area contributed by atoms with Crippen molar-refractivity contribution in [2.45, 2.75) is 50.7 Å². The highest BCUT2D eigenvalue weighted by Gasteiger charge is 2.32. The van der Waals surface area contributed by atoms with Crippen LogP contribution in [0.2, 0.25) is 5.02 Å². The first-order valence-corrected chi connectivity index (χ1v) is 9.36. The molecule has 0 aromatic heterocycles. The molecule has 0 saturated heterocycles. The molecule has 1 N–H and O–H groups in total. The largest absolute Gasteiger partial charge is 0.453 e. The number of thioether (sulfide) groups is 1. The molecule has 25 heavy (non-hydrogen) atoms. The summed E-state index contributed by atoms with van der Waals surface area (Å²) in [5.74, 6) is -0.523. The lowest BCUT2D eigenvalue weighted by Crippen LogP contribution is -2.52. The van der Waals surface area contributed by atoms with Crippen molar-refractivity contribution < 1.29 is 14.3 Å². The maximum absolute atomic E-state index is 12.1. The molecule has 0 fully saturated rings. The zero-order valence-electron chi connectivity index (χ0n) is 14.8. The van der Waals surface area contributed by atoms with E-state index in [1.165, 1.54) is 18.7 Å². The number of amides is 1. The summed E-state index contributed by atoms with van der Waals surface area (Å²) in [7, 11) is 0. The van der Waals surface area contributed by atoms with E-state index in [1.54, 1.807) is 13.0 Å². The number of nitriles is 1. The Morgan fingerprint density at radius 1 is 1.36 bits per heavy atom. The van der Waals surface area contributed by atoms with E-state index in [0.29, 0.717) is 10.8 Å². The van der Waals surface area contributed by atoms with Gasteiger partial charge in [-0.2, -0.15) is 5.26 Å². The van der Waals surface area contributed by atoms with E-state index in [-0.39, 0.29) is 12.3 Å². The predicted octanol–water partition coefficient (Wildman–Crippen LogP) is 3.81. The molecule has 1 rings (SSSR count). The SMILES string of the molecule is CC(OC(=O)CCSc1ccccc1Cl)C(=O)NC(C)(C#N)C(C)C. The van der Waals surface area contributed by atoms with Gasteiger partial charge in [-0.15, -0.1) is 11.8 Å². The lowest BCUT2D eigenvalue weighted by atomic mass is 9.90. The van der Waals surface area contributed by atoms with Crippen molar-refractivity contribution in [2.75, 3.05) is 5.75 Å². The van der Waals surface area contributed by atoms with E-state index in [4.69, 9.17) is 16.3 Å². The first-order chi connectivity index (χ1) is 11.7. The van der Waals surface area contributed by atoms with E-state index in [9.17, 15) is 14.9 Å². The summed E-state index contributed by atoms with van der Waals surface area (Å²) in [6.45, 7) is 6.81. The fourth-order valence-corrected chi connectivity index (χ4v) is 2.94. The van der Waals surface area contributed by atoms with Gasteiger partial charge < -0.3 is 10.1 Å². The number of nitrogens with zero attached hydrogens (tertiary/aromatic N) is 1. The highest BCUT2D eigenvalue weighted by atomic mass is 35.5. The molecule has 1 aromatic rings. The van der Waals surface area contributed by atoms with Crippen LogP contribution >= 0.6 is 23.4 Å². The van der Waals surface area contributed by atoms with Gasteiger partial charge in [0.05, 0.1) is 17.5 Å². The van der Waals surface area contributed by atoms with Gasteiger partial charge in [-0.25, -0.2) is 0 Å². The zero-order chi connectivity index (χ0) is 19.0. The number of hydrogen-bond acceptors (Lipinski definition) is 5. The standard InChI is InChI=1S/C18H23ClN2O3S/c1-12(2)18(4,11-20)21-17(23)13(3)24-16(22)9-10-25-15-8-6-5-7-14(15)19/h5-8,12-13H,9-10H2,1-4H3,(H,21,23). The number of ether oxygens (including phenoxy) is 1. The smallest absolute Gasteiger partial charge is 0.307 e. The molecule has 0 heterocycles. The van der Waals surface area contributed by atoms with Crippen LogP contribution in [0.25, 0.3) is 0 Å². The molecule has 1 aromatic carbocycles. The normalized spacial score (nSPS) is 14.3. The Hall–Kier alpha value is -1.71. The van der Waals surface area contributed by atoms with Crippen molar-refractivity contribution in [3.05, 3.63) is 29.3 Å². The van der Waals surface area contributed by atoms with Crippen LogP contribution in [0.4, 0.5) is 0 Å². The second-order valence-electron chi connectivity index (χ2n) is 6.12. The highest BCUT2D eigenvalue weighted by Crippen LogP contribution is 2.27. The van der Waals surface area contributed by atoms with Crippen LogP contribution in [0.1, 0.15) is 34.1 Å². The number of halogens is 1. The summed E-state index contributed by atoms with van der Waals surface area (Å²) in [6.07, 6.45) is -0.794. The van der Waals surface area contributed by atoms with Gasteiger partial charge in [-0.1, -0.05) is 37.6 Å². The van der Waals surface area contributed by atoms with Gasteiger partial charge in [0.1, 0.15) is 5.54 Å². The number of rotatable bonds is 8. The van der Waals surface area contributed by atoms with Gasteiger partial charge in [0.15, 0.2) is 6.10 Å². The molecule has 2 atom stereocenters. The Balaban J connectivity index is 2.44. The average molecular weight is 383 g/mol. The van der Waals surface area contributed by atoms with Crippen molar-refractivity contribution in [3.8, 4) is 6.07 Å². The molecule has 5 nitrogen and oxygen atoms in total. The molecule has 136 valence electrons. The molecule has 0 spiro atoms. The Morgan fingerprint density at radius 3 is 2.56 bits per heavy atom. The van der Waals surface area contributed by atoms with Crippen LogP contribution in [0.5, 0.6) is 0 Å². The molecule has 7 heteroatoms. The number of benzene rings is 1. The lowest BCUT2D eigenvalue weighted by molar-refractivity contribution is -0.155. The van der Waals surface area contributed by atoms with Crippen LogP contribution in [0.15, 0.2) is 29.2 Å². The Labute approximate surface area is 158 Å². The number of esters is 1. The summed E-state index contributed by atoms with van der Waals surface area (Å²) in [4.78, 5) is 24.9. The molecule has 0 aliphatic heterocycles. The van der Waals surface area contributed by atoms with Gasteiger partial charge in [-0.05, 0) is 31.9 Å². The minimum absolute atomic E-state index is 0.0728. The maximum Gasteiger partial charge on any atom is 0.307 e. The van der Waals surface area contributed by atoms with Gasteiger partial charge in [-0.3, -0.25) is 9.59 Å². The first kappa shape index (κ1) is 21.3. The molecule has 0 aliphatic carbocycles. The average Bonchev–Trinajstić information content (AvgIpc) is 2.56. The fraction of sp³-hybridized carbons (Fsp3) is 0.500. The van der Waals surface area contributed by atoms with Crippen LogP contribution in [-0.2, 0) is 14.3 Å². The molecule has 0 bridgehead atoms. The van der Waals surface area contributed by atoms with Crippen LogP contribution in [0.3, 0.4) is 0 Å². The maximum atomic E-state index is 12.1. The predicted molar refractivity (Wildman–Crippen MR) is 99.3 cm³/mol. The molecule has 0 radical (unpaired) electrons. The second kappa shape index (κ2) is 9.69. The summed E-state index contributed by atoms with van der Waals surface area (Å²) >= 11 is 7.50. The van der Waals surface area contributed by atoms with Gasteiger partial charge in [0.25, 0.3) is 5.91 Å². The van der Waals surface area contributed by atoms with E-state index in [0.717, 1.165) is 4.90 Å². The zero-order valence-corrected chi connectivity index (χ0v) is 16.4. The molecule has 0 saturated carbocycles. The van der Waals surface area contributed by atoms with Crippen molar-refractivity contribution in [3.63, 3.8) is 0 Å². The molecular formula is C18H23ClN2O3S. The minimum Gasteiger partial charge on any atom is -0.453 e. The van der Waals surface area contributed by atoms with E-state index >= 15 is 0 Å². The summed E-state index contributed by atoms with van der Waals surface area (Å²) in [5.41, 5.74) is -1.00. The Kier molecular flexibility index (Phi) is 8.27. The number of hydrogen-bond donors (Lipinski definition) is 1. The molecular weight excluding hydrogens is 360 g/mol. The van der Waals surface area contributed by atoms with Crippen molar-refractivity contribution in [1.82, 2.24) is 5.32 Å². The number of nitrogens with one attached hydrogen (secondary N) is 1. The lowest BCUT2D eigenvalue weighted by Gasteiger charge is -2.28. The molecule has 1 amide bonds. The highest BCUT2D eigenvalue weighted by molar-refractivity contribution is 7.99. The number of carbonyl (C=O) groups is 2. The fourth-order valence-electron chi connectivity index (χ4n) is 1.77.